The summed E-state index contributed by atoms with van der Waals surface area (Å²) in [5, 5.41) is 4.17. The molecule has 0 aliphatic heterocycles. The van der Waals surface area contributed by atoms with Crippen LogP contribution in [0.5, 0.6) is 0 Å². The highest BCUT2D eigenvalue weighted by atomic mass is 79.9. The normalized spacial score (nSPS) is 10.9. The van der Waals surface area contributed by atoms with Gasteiger partial charge in [0.1, 0.15) is 9.61 Å². The molecule has 0 amide bonds. The van der Waals surface area contributed by atoms with E-state index in [9.17, 15) is 0 Å². The maximum atomic E-state index is 4.49. The number of benzene rings is 1. The van der Waals surface area contributed by atoms with Crippen LogP contribution in [0.1, 0.15) is 5.69 Å². The average molecular weight is 305 g/mol. The Hall–Kier alpha value is -1.26. The monoisotopic (exact) mass is 304 g/mol. The number of aromatic nitrogens is 2. The predicted molar refractivity (Wildman–Crippen MR) is 75.3 cm³/mol. The van der Waals surface area contributed by atoms with Gasteiger partial charge < -0.3 is 0 Å². The van der Waals surface area contributed by atoms with E-state index in [-0.39, 0.29) is 0 Å². The molecule has 2 aromatic heterocycles. The van der Waals surface area contributed by atoms with Crippen molar-refractivity contribution in [2.75, 3.05) is 0 Å². The van der Waals surface area contributed by atoms with Crippen molar-refractivity contribution in [3.05, 3.63) is 46.0 Å². The van der Waals surface area contributed by atoms with Crippen molar-refractivity contribution < 1.29 is 0 Å². The third-order valence-corrected chi connectivity index (χ3v) is 4.15. The number of aryl methyl sites for hydroxylation is 1. The lowest BCUT2D eigenvalue weighted by Crippen LogP contribution is -1.84. The van der Waals surface area contributed by atoms with Crippen molar-refractivity contribution >= 4 is 38.2 Å². The van der Waals surface area contributed by atoms with E-state index in [2.05, 4.69) is 44.1 Å². The van der Waals surface area contributed by atoms with Crippen LogP contribution in [0.4, 0.5) is 0 Å². The van der Waals surface area contributed by atoms with Gasteiger partial charge >= 0.3 is 0 Å². The number of hydrogen-bond donors (Lipinski definition) is 0. The van der Waals surface area contributed by atoms with Gasteiger partial charge in [-0.1, -0.05) is 6.07 Å². The minimum absolute atomic E-state index is 0.889. The Bertz CT molecular complexity index is 691. The van der Waals surface area contributed by atoms with Gasteiger partial charge in [-0.3, -0.25) is 4.98 Å². The molecule has 2 nitrogen and oxygen atoms in total. The first-order chi connectivity index (χ1) is 8.22. The van der Waals surface area contributed by atoms with Gasteiger partial charge in [-0.2, -0.15) is 0 Å². The van der Waals surface area contributed by atoms with Crippen molar-refractivity contribution in [2.45, 2.75) is 6.92 Å². The molecule has 0 radical (unpaired) electrons. The molecule has 0 saturated carbocycles. The summed E-state index contributed by atoms with van der Waals surface area (Å²) in [7, 11) is 0. The average Bonchev–Trinajstić information content (AvgIpc) is 2.75. The number of nitrogens with zero attached hydrogens (tertiary/aromatic N) is 2. The first-order valence-corrected chi connectivity index (χ1v) is 6.88. The van der Waals surface area contributed by atoms with Crippen molar-refractivity contribution in [2.24, 2.45) is 0 Å². The molecule has 0 N–H and O–H groups in total. The Kier molecular flexibility index (Phi) is 2.68. The molecule has 1 aromatic carbocycles. The topological polar surface area (TPSA) is 25.8 Å². The van der Waals surface area contributed by atoms with Crippen LogP contribution in [0.3, 0.4) is 0 Å². The largest absolute Gasteiger partial charge is 0.253 e. The van der Waals surface area contributed by atoms with Crippen LogP contribution in [-0.2, 0) is 0 Å². The molecule has 0 aliphatic carbocycles. The fourth-order valence-electron chi connectivity index (χ4n) is 1.75. The molecule has 84 valence electrons. The van der Waals surface area contributed by atoms with E-state index in [1.165, 1.54) is 0 Å². The second kappa shape index (κ2) is 4.20. The molecule has 3 rings (SSSR count). The van der Waals surface area contributed by atoms with Gasteiger partial charge in [0.25, 0.3) is 0 Å². The zero-order valence-corrected chi connectivity index (χ0v) is 11.5. The van der Waals surface area contributed by atoms with Crippen LogP contribution in [0.15, 0.2) is 40.3 Å². The van der Waals surface area contributed by atoms with E-state index in [0.29, 0.717) is 0 Å². The Morgan fingerprint density at radius 1 is 1.12 bits per heavy atom. The molecule has 17 heavy (non-hydrogen) atoms. The zero-order chi connectivity index (χ0) is 11.8. The Morgan fingerprint density at radius 2 is 2.00 bits per heavy atom. The van der Waals surface area contributed by atoms with Crippen molar-refractivity contribution in [1.29, 1.82) is 0 Å². The van der Waals surface area contributed by atoms with Crippen LogP contribution in [0, 0.1) is 6.92 Å². The fourth-order valence-corrected chi connectivity index (χ4v) is 3.00. The predicted octanol–water partition coefficient (Wildman–Crippen LogP) is 4.43. The molecule has 0 atom stereocenters. The standard InChI is InChI=1S/C13H9BrN2S/c1-8-2-3-9-6-10(4-5-11(9)15-8)13-16-12(14)7-17-13/h2-7H,1H3. The smallest absolute Gasteiger partial charge is 0.124 e. The summed E-state index contributed by atoms with van der Waals surface area (Å²) in [6, 6.07) is 10.4. The van der Waals surface area contributed by atoms with Gasteiger partial charge in [-0.25, -0.2) is 4.98 Å². The number of halogens is 1. The maximum Gasteiger partial charge on any atom is 0.124 e. The lowest BCUT2D eigenvalue weighted by molar-refractivity contribution is 1.26. The molecular formula is C13H9BrN2S. The van der Waals surface area contributed by atoms with Gasteiger partial charge in [0.15, 0.2) is 0 Å². The molecule has 4 heteroatoms. The Morgan fingerprint density at radius 3 is 2.76 bits per heavy atom. The lowest BCUT2D eigenvalue weighted by atomic mass is 10.1. The molecule has 3 aromatic rings. The van der Waals surface area contributed by atoms with E-state index in [1.807, 2.05) is 24.4 Å². The summed E-state index contributed by atoms with van der Waals surface area (Å²) in [4.78, 5) is 8.91. The van der Waals surface area contributed by atoms with E-state index < -0.39 is 0 Å². The van der Waals surface area contributed by atoms with Crippen LogP contribution < -0.4 is 0 Å². The van der Waals surface area contributed by atoms with Gasteiger partial charge in [0.05, 0.1) is 5.52 Å². The van der Waals surface area contributed by atoms with Crippen LogP contribution in [0.2, 0.25) is 0 Å². The molecular weight excluding hydrogens is 296 g/mol. The second-order valence-electron chi connectivity index (χ2n) is 3.84. The summed E-state index contributed by atoms with van der Waals surface area (Å²) in [6.45, 7) is 2.01. The summed E-state index contributed by atoms with van der Waals surface area (Å²) >= 11 is 5.01. The summed E-state index contributed by atoms with van der Waals surface area (Å²) < 4.78 is 0.889. The van der Waals surface area contributed by atoms with Crippen LogP contribution in [0.25, 0.3) is 21.5 Å². The Labute approximate surface area is 111 Å². The zero-order valence-electron chi connectivity index (χ0n) is 9.14. The van der Waals surface area contributed by atoms with Gasteiger partial charge in [-0.05, 0) is 47.1 Å². The van der Waals surface area contributed by atoms with E-state index in [4.69, 9.17) is 0 Å². The highest BCUT2D eigenvalue weighted by Gasteiger charge is 2.04. The van der Waals surface area contributed by atoms with Crippen LogP contribution in [-0.4, -0.2) is 9.97 Å². The van der Waals surface area contributed by atoms with Gasteiger partial charge in [-0.15, -0.1) is 11.3 Å². The molecule has 0 saturated heterocycles. The van der Waals surface area contributed by atoms with Crippen molar-refractivity contribution in [1.82, 2.24) is 9.97 Å². The van der Waals surface area contributed by atoms with Crippen molar-refractivity contribution in [3.8, 4) is 10.6 Å². The highest BCUT2D eigenvalue weighted by molar-refractivity contribution is 9.10. The van der Waals surface area contributed by atoms with E-state index in [0.717, 1.165) is 31.8 Å². The Balaban J connectivity index is 2.16. The van der Waals surface area contributed by atoms with Crippen molar-refractivity contribution in [3.63, 3.8) is 0 Å². The molecule has 0 unspecified atom stereocenters. The van der Waals surface area contributed by atoms with Gasteiger partial charge in [0.2, 0.25) is 0 Å². The third kappa shape index (κ3) is 2.10. The molecule has 0 bridgehead atoms. The molecule has 2 heterocycles. The second-order valence-corrected chi connectivity index (χ2v) is 5.51. The number of rotatable bonds is 1. The minimum Gasteiger partial charge on any atom is -0.253 e. The van der Waals surface area contributed by atoms with Crippen LogP contribution >= 0.6 is 27.3 Å². The summed E-state index contributed by atoms with van der Waals surface area (Å²) in [5.41, 5.74) is 3.21. The summed E-state index contributed by atoms with van der Waals surface area (Å²) in [5.74, 6) is 0. The number of pyridine rings is 1. The number of hydrogen-bond acceptors (Lipinski definition) is 3. The summed E-state index contributed by atoms with van der Waals surface area (Å²) in [6.07, 6.45) is 0. The highest BCUT2D eigenvalue weighted by Crippen LogP contribution is 2.28. The molecule has 0 fully saturated rings. The molecule has 0 aliphatic rings. The van der Waals surface area contributed by atoms with E-state index >= 15 is 0 Å². The molecule has 0 spiro atoms. The fraction of sp³-hybridized carbons (Fsp3) is 0.0769. The first kappa shape index (κ1) is 10.9. The third-order valence-electron chi connectivity index (χ3n) is 2.55. The lowest BCUT2D eigenvalue weighted by Gasteiger charge is -2.01. The van der Waals surface area contributed by atoms with E-state index in [1.54, 1.807) is 11.3 Å². The SMILES string of the molecule is Cc1ccc2cc(-c3nc(Br)cs3)ccc2n1. The number of thiazole rings is 1. The quantitative estimate of drug-likeness (QED) is 0.664. The van der Waals surface area contributed by atoms with Gasteiger partial charge in [0, 0.05) is 22.0 Å². The maximum absolute atomic E-state index is 4.49. The number of fused-ring (bicyclic) bond motifs is 1. The minimum atomic E-state index is 0.889. The first-order valence-electron chi connectivity index (χ1n) is 5.21.